The number of nitrogens with one attached hydrogen (secondary N) is 1. The van der Waals surface area contributed by atoms with Crippen LogP contribution in [0.15, 0.2) is 29.4 Å². The number of hydrogen-bond donors (Lipinski definition) is 1. The summed E-state index contributed by atoms with van der Waals surface area (Å²) in [5.74, 6) is 1.83. The number of thioether (sulfide) groups is 1. The standard InChI is InChI=1S/C14H17ClN4S/c1-14(2,3)11-8-20-13-17-16-12(19(13)18-11)9-4-6-10(15)7-5-9/h4-7,11,18H,8H2,1-3H3. The molecular weight excluding hydrogens is 292 g/mol. The monoisotopic (exact) mass is 308 g/mol. The molecule has 1 aromatic heterocycles. The minimum atomic E-state index is 0.187. The van der Waals surface area contributed by atoms with Gasteiger partial charge in [0.1, 0.15) is 0 Å². The van der Waals surface area contributed by atoms with Gasteiger partial charge in [-0.3, -0.25) is 0 Å². The summed E-state index contributed by atoms with van der Waals surface area (Å²) in [5.41, 5.74) is 4.73. The van der Waals surface area contributed by atoms with Crippen LogP contribution >= 0.6 is 23.4 Å². The van der Waals surface area contributed by atoms with E-state index in [-0.39, 0.29) is 5.41 Å². The van der Waals surface area contributed by atoms with Gasteiger partial charge in [-0.2, -0.15) is 0 Å². The van der Waals surface area contributed by atoms with Gasteiger partial charge in [-0.1, -0.05) is 44.1 Å². The Bertz CT molecular complexity index is 615. The second kappa shape index (κ2) is 4.97. The highest BCUT2D eigenvalue weighted by Gasteiger charge is 2.31. The highest BCUT2D eigenvalue weighted by atomic mass is 35.5. The number of hydrogen-bond acceptors (Lipinski definition) is 4. The lowest BCUT2D eigenvalue weighted by Gasteiger charge is -2.35. The molecule has 1 aromatic carbocycles. The topological polar surface area (TPSA) is 42.7 Å². The lowest BCUT2D eigenvalue weighted by Crippen LogP contribution is -2.43. The van der Waals surface area contributed by atoms with E-state index in [1.807, 2.05) is 28.9 Å². The van der Waals surface area contributed by atoms with Crippen molar-refractivity contribution in [2.45, 2.75) is 32.0 Å². The van der Waals surface area contributed by atoms with E-state index in [0.29, 0.717) is 6.04 Å². The number of rotatable bonds is 1. The van der Waals surface area contributed by atoms with Crippen molar-refractivity contribution in [3.8, 4) is 11.4 Å². The molecule has 1 N–H and O–H groups in total. The Morgan fingerprint density at radius 3 is 2.60 bits per heavy atom. The van der Waals surface area contributed by atoms with Crippen molar-refractivity contribution in [2.24, 2.45) is 5.41 Å². The van der Waals surface area contributed by atoms with Crippen molar-refractivity contribution in [2.75, 3.05) is 11.2 Å². The van der Waals surface area contributed by atoms with Gasteiger partial charge in [0.15, 0.2) is 5.82 Å². The molecule has 1 aliphatic heterocycles. The van der Waals surface area contributed by atoms with E-state index >= 15 is 0 Å². The molecule has 0 fully saturated rings. The zero-order valence-electron chi connectivity index (χ0n) is 11.7. The van der Waals surface area contributed by atoms with Crippen LogP contribution in [0.5, 0.6) is 0 Å². The van der Waals surface area contributed by atoms with Crippen LogP contribution in [0.1, 0.15) is 20.8 Å². The molecule has 106 valence electrons. The molecule has 0 saturated carbocycles. The third-order valence-electron chi connectivity index (χ3n) is 3.45. The van der Waals surface area contributed by atoms with Crippen LogP contribution in [0.25, 0.3) is 11.4 Å². The molecule has 2 aromatic rings. The van der Waals surface area contributed by atoms with Crippen LogP contribution in [0, 0.1) is 5.41 Å². The third kappa shape index (κ3) is 2.52. The molecule has 20 heavy (non-hydrogen) atoms. The van der Waals surface area contributed by atoms with E-state index in [9.17, 15) is 0 Å². The molecule has 3 rings (SSSR count). The summed E-state index contributed by atoms with van der Waals surface area (Å²) >= 11 is 7.68. The fourth-order valence-electron chi connectivity index (χ4n) is 2.06. The van der Waals surface area contributed by atoms with Gasteiger partial charge in [0.05, 0.1) is 6.04 Å². The number of benzene rings is 1. The van der Waals surface area contributed by atoms with Crippen molar-refractivity contribution in [3.05, 3.63) is 29.3 Å². The number of halogens is 1. The zero-order valence-corrected chi connectivity index (χ0v) is 13.3. The summed E-state index contributed by atoms with van der Waals surface area (Å²) in [4.78, 5) is 0. The van der Waals surface area contributed by atoms with Crippen LogP contribution in [0.4, 0.5) is 0 Å². The van der Waals surface area contributed by atoms with Gasteiger partial charge >= 0.3 is 0 Å². The van der Waals surface area contributed by atoms with Gasteiger partial charge in [0, 0.05) is 16.3 Å². The summed E-state index contributed by atoms with van der Waals surface area (Å²) in [5, 5.41) is 10.2. The molecule has 0 aliphatic carbocycles. The normalized spacial score (nSPS) is 18.5. The first-order valence-electron chi connectivity index (χ1n) is 6.56. The summed E-state index contributed by atoms with van der Waals surface area (Å²) < 4.78 is 1.99. The Morgan fingerprint density at radius 1 is 1.25 bits per heavy atom. The number of fused-ring (bicyclic) bond motifs is 1. The van der Waals surface area contributed by atoms with E-state index in [4.69, 9.17) is 11.6 Å². The summed E-state index contributed by atoms with van der Waals surface area (Å²) in [6, 6.07) is 8.05. The zero-order chi connectivity index (χ0) is 14.3. The third-order valence-corrected chi connectivity index (χ3v) is 4.72. The lowest BCUT2D eigenvalue weighted by atomic mass is 9.88. The van der Waals surface area contributed by atoms with Gasteiger partial charge < -0.3 is 5.43 Å². The summed E-state index contributed by atoms with van der Waals surface area (Å²) in [6.45, 7) is 6.72. The second-order valence-corrected chi connectivity index (χ2v) is 7.43. The molecule has 1 aliphatic rings. The fraction of sp³-hybridized carbons (Fsp3) is 0.429. The molecule has 2 heterocycles. The molecule has 0 spiro atoms. The summed E-state index contributed by atoms with van der Waals surface area (Å²) in [6.07, 6.45) is 0. The average molecular weight is 309 g/mol. The molecular formula is C14H17ClN4S. The molecule has 0 saturated heterocycles. The maximum atomic E-state index is 5.94. The van der Waals surface area contributed by atoms with E-state index in [1.54, 1.807) is 11.8 Å². The minimum absolute atomic E-state index is 0.187. The van der Waals surface area contributed by atoms with Crippen molar-refractivity contribution < 1.29 is 0 Å². The highest BCUT2D eigenvalue weighted by Crippen LogP contribution is 2.33. The largest absolute Gasteiger partial charge is 0.318 e. The summed E-state index contributed by atoms with van der Waals surface area (Å²) in [7, 11) is 0. The molecule has 0 bridgehead atoms. The van der Waals surface area contributed by atoms with Gasteiger partial charge in [-0.25, -0.2) is 4.68 Å². The SMILES string of the molecule is CC(C)(C)C1CSc2nnc(-c3ccc(Cl)cc3)n2N1. The molecule has 0 radical (unpaired) electrons. The highest BCUT2D eigenvalue weighted by molar-refractivity contribution is 7.99. The van der Waals surface area contributed by atoms with Crippen LogP contribution in [0.2, 0.25) is 5.02 Å². The van der Waals surface area contributed by atoms with Crippen molar-refractivity contribution in [3.63, 3.8) is 0 Å². The van der Waals surface area contributed by atoms with Crippen LogP contribution < -0.4 is 5.43 Å². The van der Waals surface area contributed by atoms with Crippen molar-refractivity contribution in [1.29, 1.82) is 0 Å². The molecule has 1 atom stereocenters. The van der Waals surface area contributed by atoms with E-state index in [2.05, 4.69) is 36.4 Å². The first-order chi connectivity index (χ1) is 9.45. The van der Waals surface area contributed by atoms with Crippen LogP contribution in [0.3, 0.4) is 0 Å². The maximum Gasteiger partial charge on any atom is 0.210 e. The number of nitrogens with zero attached hydrogens (tertiary/aromatic N) is 3. The first-order valence-corrected chi connectivity index (χ1v) is 7.92. The van der Waals surface area contributed by atoms with E-state index in [0.717, 1.165) is 27.3 Å². The van der Waals surface area contributed by atoms with Crippen molar-refractivity contribution in [1.82, 2.24) is 14.9 Å². The maximum absolute atomic E-state index is 5.94. The Balaban J connectivity index is 1.97. The smallest absolute Gasteiger partial charge is 0.210 e. The van der Waals surface area contributed by atoms with Gasteiger partial charge in [0.25, 0.3) is 0 Å². The quantitative estimate of drug-likeness (QED) is 0.873. The predicted octanol–water partition coefficient (Wildman–Crippen LogP) is 3.66. The predicted molar refractivity (Wildman–Crippen MR) is 83.8 cm³/mol. The van der Waals surface area contributed by atoms with Gasteiger partial charge in [0.2, 0.25) is 5.16 Å². The van der Waals surface area contributed by atoms with E-state index < -0.39 is 0 Å². The van der Waals surface area contributed by atoms with Crippen LogP contribution in [-0.4, -0.2) is 26.7 Å². The molecule has 0 amide bonds. The molecule has 6 heteroatoms. The Kier molecular flexibility index (Phi) is 3.42. The Labute approximate surface area is 127 Å². The van der Waals surface area contributed by atoms with Gasteiger partial charge in [-0.05, 0) is 29.7 Å². The van der Waals surface area contributed by atoms with Crippen molar-refractivity contribution >= 4 is 23.4 Å². The average Bonchev–Trinajstić information content (AvgIpc) is 2.81. The molecule has 1 unspecified atom stereocenters. The number of aromatic nitrogens is 3. The van der Waals surface area contributed by atoms with Crippen LogP contribution in [-0.2, 0) is 0 Å². The second-order valence-electron chi connectivity index (χ2n) is 6.01. The van der Waals surface area contributed by atoms with E-state index in [1.165, 1.54) is 0 Å². The fourth-order valence-corrected chi connectivity index (χ4v) is 3.44. The first kappa shape index (κ1) is 13.8. The Hall–Kier alpha value is -1.20. The van der Waals surface area contributed by atoms with Gasteiger partial charge in [-0.15, -0.1) is 10.2 Å². The minimum Gasteiger partial charge on any atom is -0.318 e. The Morgan fingerprint density at radius 2 is 1.95 bits per heavy atom. The molecule has 4 nitrogen and oxygen atoms in total. The lowest BCUT2D eigenvalue weighted by molar-refractivity contribution is 0.337.